The van der Waals surface area contributed by atoms with E-state index in [4.69, 9.17) is 5.73 Å². The van der Waals surface area contributed by atoms with Crippen molar-refractivity contribution in [3.8, 4) is 0 Å². The van der Waals surface area contributed by atoms with Crippen LogP contribution in [0.2, 0.25) is 0 Å². The van der Waals surface area contributed by atoms with Gasteiger partial charge in [-0.3, -0.25) is 4.68 Å². The Morgan fingerprint density at radius 3 is 2.67 bits per heavy atom. The van der Waals surface area contributed by atoms with Gasteiger partial charge in [-0.15, -0.1) is 0 Å². The molecule has 102 valence electrons. The topological polar surface area (TPSA) is 43.8 Å². The number of rotatable bonds is 5. The third-order valence-electron chi connectivity index (χ3n) is 4.44. The van der Waals surface area contributed by atoms with Gasteiger partial charge in [0.25, 0.3) is 0 Å². The first-order chi connectivity index (χ1) is 8.72. The second kappa shape index (κ2) is 6.37. The van der Waals surface area contributed by atoms with Crippen LogP contribution in [-0.4, -0.2) is 15.8 Å². The highest BCUT2D eigenvalue weighted by atomic mass is 15.3. The predicted molar refractivity (Wildman–Crippen MR) is 75.5 cm³/mol. The van der Waals surface area contributed by atoms with Crippen molar-refractivity contribution in [1.29, 1.82) is 0 Å². The van der Waals surface area contributed by atoms with Crippen LogP contribution >= 0.6 is 0 Å². The van der Waals surface area contributed by atoms with Crippen molar-refractivity contribution in [3.05, 3.63) is 18.0 Å². The molecule has 1 atom stereocenters. The molecule has 1 saturated carbocycles. The van der Waals surface area contributed by atoms with Gasteiger partial charge in [0.1, 0.15) is 0 Å². The van der Waals surface area contributed by atoms with Gasteiger partial charge in [0, 0.05) is 12.2 Å². The molecular weight excluding hydrogens is 222 g/mol. The molecule has 1 aliphatic rings. The molecule has 1 heterocycles. The lowest BCUT2D eigenvalue weighted by Crippen LogP contribution is -2.21. The number of hydrogen-bond acceptors (Lipinski definition) is 2. The van der Waals surface area contributed by atoms with E-state index in [1.165, 1.54) is 37.7 Å². The summed E-state index contributed by atoms with van der Waals surface area (Å²) in [7, 11) is 0. The summed E-state index contributed by atoms with van der Waals surface area (Å²) in [5, 5.41) is 4.54. The van der Waals surface area contributed by atoms with Gasteiger partial charge in [0.05, 0.1) is 12.2 Å². The van der Waals surface area contributed by atoms with Crippen LogP contribution in [0.3, 0.4) is 0 Å². The molecule has 3 nitrogen and oxygen atoms in total. The van der Waals surface area contributed by atoms with Gasteiger partial charge >= 0.3 is 0 Å². The largest absolute Gasteiger partial charge is 0.327 e. The maximum absolute atomic E-state index is 5.99. The molecule has 1 aliphatic carbocycles. The molecule has 1 unspecified atom stereocenters. The lowest BCUT2D eigenvalue weighted by atomic mass is 9.85. The zero-order valence-corrected chi connectivity index (χ0v) is 11.8. The molecule has 1 fully saturated rings. The quantitative estimate of drug-likeness (QED) is 0.870. The summed E-state index contributed by atoms with van der Waals surface area (Å²) in [6, 6.07) is 0.901. The van der Waals surface area contributed by atoms with E-state index in [9.17, 15) is 0 Å². The van der Waals surface area contributed by atoms with Crippen molar-refractivity contribution >= 4 is 0 Å². The fraction of sp³-hybridized carbons (Fsp3) is 0.800. The Hall–Kier alpha value is -0.830. The predicted octanol–water partition coefficient (Wildman–Crippen LogP) is 3.30. The average molecular weight is 249 g/mol. The van der Waals surface area contributed by atoms with Crippen molar-refractivity contribution < 1.29 is 0 Å². The van der Waals surface area contributed by atoms with E-state index in [1.807, 2.05) is 6.20 Å². The van der Waals surface area contributed by atoms with E-state index < -0.39 is 0 Å². The molecule has 1 aromatic heterocycles. The molecule has 0 spiro atoms. The van der Waals surface area contributed by atoms with Crippen LogP contribution in [0.5, 0.6) is 0 Å². The Labute approximate surface area is 111 Å². The molecule has 2 N–H and O–H groups in total. The fourth-order valence-electron chi connectivity index (χ4n) is 2.95. The Balaban J connectivity index is 1.90. The monoisotopic (exact) mass is 249 g/mol. The molecule has 2 rings (SSSR count). The first kappa shape index (κ1) is 13.6. The van der Waals surface area contributed by atoms with Crippen LogP contribution in [0.4, 0.5) is 0 Å². The Kier molecular flexibility index (Phi) is 4.81. The average Bonchev–Trinajstić information content (AvgIpc) is 2.87. The van der Waals surface area contributed by atoms with Crippen LogP contribution in [0.15, 0.2) is 12.4 Å². The highest BCUT2D eigenvalue weighted by Gasteiger charge is 2.21. The minimum absolute atomic E-state index is 0.276. The van der Waals surface area contributed by atoms with E-state index >= 15 is 0 Å². The summed E-state index contributed by atoms with van der Waals surface area (Å²) < 4.78 is 2.18. The molecule has 0 bridgehead atoms. The van der Waals surface area contributed by atoms with Gasteiger partial charge < -0.3 is 5.73 Å². The molecule has 0 amide bonds. The van der Waals surface area contributed by atoms with Crippen molar-refractivity contribution in [2.45, 2.75) is 70.9 Å². The van der Waals surface area contributed by atoms with E-state index in [1.54, 1.807) is 0 Å². The highest BCUT2D eigenvalue weighted by molar-refractivity contribution is 5.06. The molecule has 3 heteroatoms. The SMILES string of the molecule is CCC(N)Cc1cnn(C2CCC(CC)CC2)c1. The van der Waals surface area contributed by atoms with Crippen molar-refractivity contribution in [3.63, 3.8) is 0 Å². The summed E-state index contributed by atoms with van der Waals surface area (Å²) in [5.41, 5.74) is 7.29. The zero-order chi connectivity index (χ0) is 13.0. The van der Waals surface area contributed by atoms with Crippen molar-refractivity contribution in [1.82, 2.24) is 9.78 Å². The number of nitrogens with two attached hydrogens (primary N) is 1. The summed E-state index contributed by atoms with van der Waals surface area (Å²) in [5.74, 6) is 0.949. The number of hydrogen-bond donors (Lipinski definition) is 1. The number of aromatic nitrogens is 2. The third kappa shape index (κ3) is 3.35. The van der Waals surface area contributed by atoms with Gasteiger partial charge in [0.15, 0.2) is 0 Å². The number of nitrogens with zero attached hydrogens (tertiary/aromatic N) is 2. The summed E-state index contributed by atoms with van der Waals surface area (Å²) in [4.78, 5) is 0. The first-order valence-electron chi connectivity index (χ1n) is 7.51. The smallest absolute Gasteiger partial charge is 0.0522 e. The summed E-state index contributed by atoms with van der Waals surface area (Å²) in [6.07, 6.45) is 12.9. The second-order valence-electron chi connectivity index (χ2n) is 5.78. The molecular formula is C15H27N3. The van der Waals surface area contributed by atoms with Crippen molar-refractivity contribution in [2.75, 3.05) is 0 Å². The highest BCUT2D eigenvalue weighted by Crippen LogP contribution is 2.33. The minimum Gasteiger partial charge on any atom is -0.327 e. The fourth-order valence-corrected chi connectivity index (χ4v) is 2.95. The van der Waals surface area contributed by atoms with E-state index in [2.05, 4.69) is 29.8 Å². The van der Waals surface area contributed by atoms with Crippen molar-refractivity contribution in [2.24, 2.45) is 11.7 Å². The van der Waals surface area contributed by atoms with Gasteiger partial charge in [0.2, 0.25) is 0 Å². The Morgan fingerprint density at radius 1 is 1.33 bits per heavy atom. The zero-order valence-electron chi connectivity index (χ0n) is 11.8. The van der Waals surface area contributed by atoms with Crippen LogP contribution in [0.1, 0.15) is 64.0 Å². The van der Waals surface area contributed by atoms with E-state index in [0.717, 1.165) is 18.8 Å². The lowest BCUT2D eigenvalue weighted by molar-refractivity contribution is 0.256. The molecule has 1 aromatic rings. The molecule has 0 saturated heterocycles. The van der Waals surface area contributed by atoms with Gasteiger partial charge in [-0.2, -0.15) is 5.10 Å². The lowest BCUT2D eigenvalue weighted by Gasteiger charge is -2.27. The van der Waals surface area contributed by atoms with Crippen LogP contribution < -0.4 is 5.73 Å². The Bertz CT molecular complexity index is 350. The molecule has 0 aliphatic heterocycles. The van der Waals surface area contributed by atoms with E-state index in [-0.39, 0.29) is 6.04 Å². The van der Waals surface area contributed by atoms with E-state index in [0.29, 0.717) is 6.04 Å². The van der Waals surface area contributed by atoms with Gasteiger partial charge in [-0.1, -0.05) is 20.3 Å². The first-order valence-corrected chi connectivity index (χ1v) is 7.51. The maximum atomic E-state index is 5.99. The standard InChI is InChI=1S/C15H27N3/c1-3-12-5-7-15(8-6-12)18-11-13(10-17-18)9-14(16)4-2/h10-12,14-15H,3-9,16H2,1-2H3. The van der Waals surface area contributed by atoms with Gasteiger partial charge in [-0.05, 0) is 50.0 Å². The minimum atomic E-state index is 0.276. The van der Waals surface area contributed by atoms with Crippen LogP contribution in [0.25, 0.3) is 0 Å². The summed E-state index contributed by atoms with van der Waals surface area (Å²) >= 11 is 0. The van der Waals surface area contributed by atoms with Gasteiger partial charge in [-0.25, -0.2) is 0 Å². The molecule has 0 aromatic carbocycles. The van der Waals surface area contributed by atoms with Crippen LogP contribution in [-0.2, 0) is 6.42 Å². The Morgan fingerprint density at radius 2 is 2.06 bits per heavy atom. The normalized spacial score (nSPS) is 26.2. The molecule has 0 radical (unpaired) electrons. The maximum Gasteiger partial charge on any atom is 0.0522 e. The van der Waals surface area contributed by atoms with Crippen LogP contribution in [0, 0.1) is 5.92 Å². The third-order valence-corrected chi connectivity index (χ3v) is 4.44. The molecule has 18 heavy (non-hydrogen) atoms. The summed E-state index contributed by atoms with van der Waals surface area (Å²) in [6.45, 7) is 4.45. The second-order valence-corrected chi connectivity index (χ2v) is 5.78.